The Labute approximate surface area is 121 Å². The Bertz CT molecular complexity index is 606. The molecule has 0 saturated heterocycles. The van der Waals surface area contributed by atoms with Gasteiger partial charge < -0.3 is 10.5 Å². The van der Waals surface area contributed by atoms with E-state index in [-0.39, 0.29) is 6.54 Å². The van der Waals surface area contributed by atoms with Gasteiger partial charge in [0, 0.05) is 12.1 Å². The van der Waals surface area contributed by atoms with E-state index in [2.05, 4.69) is 0 Å². The van der Waals surface area contributed by atoms with Crippen molar-refractivity contribution in [2.75, 3.05) is 0 Å². The minimum absolute atomic E-state index is 0.0215. The fourth-order valence-electron chi connectivity index (χ4n) is 1.94. The second-order valence-corrected chi connectivity index (χ2v) is 4.62. The average Bonchev–Trinajstić information content (AvgIpc) is 2.47. The number of halogens is 3. The van der Waals surface area contributed by atoms with Crippen LogP contribution in [0.1, 0.15) is 23.6 Å². The lowest BCUT2D eigenvalue weighted by atomic mass is 10.1. The quantitative estimate of drug-likeness (QED) is 0.900. The number of alkyl halides is 3. The van der Waals surface area contributed by atoms with Gasteiger partial charge in [0.1, 0.15) is 11.5 Å². The van der Waals surface area contributed by atoms with Crippen molar-refractivity contribution < 1.29 is 17.9 Å². The fraction of sp³-hybridized carbons (Fsp3) is 0.250. The first kappa shape index (κ1) is 15.4. The minimum atomic E-state index is -4.38. The van der Waals surface area contributed by atoms with Crippen LogP contribution in [0, 0.1) is 0 Å². The summed E-state index contributed by atoms with van der Waals surface area (Å²) in [5.74, 6) is 0.913. The van der Waals surface area contributed by atoms with Gasteiger partial charge in [0.25, 0.3) is 0 Å². The lowest BCUT2D eigenvalue weighted by Crippen LogP contribution is -2.08. The van der Waals surface area contributed by atoms with Crippen molar-refractivity contribution in [1.82, 2.24) is 0 Å². The van der Waals surface area contributed by atoms with Crippen LogP contribution >= 0.6 is 0 Å². The largest absolute Gasteiger partial charge is 0.457 e. The standard InChI is InChI=1S/C16H16F3NO/c1-2-11-3-6-14(7-4-11)21-15-8-5-13(16(17,18)19)9-12(15)10-20/h3-9H,2,10,20H2,1H3. The Hall–Kier alpha value is -2.01. The fourth-order valence-corrected chi connectivity index (χ4v) is 1.94. The monoisotopic (exact) mass is 295 g/mol. The van der Waals surface area contributed by atoms with Gasteiger partial charge >= 0.3 is 6.18 Å². The van der Waals surface area contributed by atoms with Crippen LogP contribution in [0.4, 0.5) is 13.2 Å². The second kappa shape index (κ2) is 6.18. The first-order valence-corrected chi connectivity index (χ1v) is 6.61. The molecular formula is C16H16F3NO. The van der Waals surface area contributed by atoms with Crippen LogP contribution in [0.25, 0.3) is 0 Å². The molecule has 0 atom stereocenters. The van der Waals surface area contributed by atoms with Gasteiger partial charge in [0.05, 0.1) is 5.56 Å². The summed E-state index contributed by atoms with van der Waals surface area (Å²) in [4.78, 5) is 0. The van der Waals surface area contributed by atoms with Crippen LogP contribution in [0.3, 0.4) is 0 Å². The van der Waals surface area contributed by atoms with Crippen molar-refractivity contribution in [3.63, 3.8) is 0 Å². The van der Waals surface area contributed by atoms with Crippen LogP contribution in [0.15, 0.2) is 42.5 Å². The minimum Gasteiger partial charge on any atom is -0.457 e. The first-order valence-electron chi connectivity index (χ1n) is 6.61. The van der Waals surface area contributed by atoms with Gasteiger partial charge in [-0.2, -0.15) is 13.2 Å². The zero-order valence-corrected chi connectivity index (χ0v) is 11.6. The number of ether oxygens (including phenoxy) is 1. The zero-order valence-electron chi connectivity index (χ0n) is 11.6. The number of benzene rings is 2. The number of aryl methyl sites for hydroxylation is 1. The molecule has 0 aliphatic carbocycles. The molecule has 0 saturated carbocycles. The third-order valence-electron chi connectivity index (χ3n) is 3.17. The summed E-state index contributed by atoms with van der Waals surface area (Å²) < 4.78 is 43.6. The number of rotatable bonds is 4. The molecule has 0 spiro atoms. The molecule has 0 unspecified atom stereocenters. The van der Waals surface area contributed by atoms with Crippen LogP contribution in [0.5, 0.6) is 11.5 Å². The van der Waals surface area contributed by atoms with Gasteiger partial charge in [-0.3, -0.25) is 0 Å². The molecule has 5 heteroatoms. The molecule has 0 aliphatic rings. The van der Waals surface area contributed by atoms with Crippen LogP contribution in [0.2, 0.25) is 0 Å². The van der Waals surface area contributed by atoms with Crippen LogP contribution in [-0.4, -0.2) is 0 Å². The van der Waals surface area contributed by atoms with Crippen LogP contribution < -0.4 is 10.5 Å². The van der Waals surface area contributed by atoms with E-state index >= 15 is 0 Å². The molecule has 2 rings (SSSR count). The van der Waals surface area contributed by atoms with E-state index in [4.69, 9.17) is 10.5 Å². The summed E-state index contributed by atoms with van der Waals surface area (Å²) >= 11 is 0. The second-order valence-electron chi connectivity index (χ2n) is 4.62. The predicted octanol–water partition coefficient (Wildman–Crippen LogP) is 4.52. The maximum Gasteiger partial charge on any atom is 0.416 e. The lowest BCUT2D eigenvalue weighted by molar-refractivity contribution is -0.137. The highest BCUT2D eigenvalue weighted by Gasteiger charge is 2.31. The highest BCUT2D eigenvalue weighted by Crippen LogP contribution is 2.34. The molecule has 112 valence electrons. The Balaban J connectivity index is 2.26. The smallest absolute Gasteiger partial charge is 0.416 e. The summed E-state index contributed by atoms with van der Waals surface area (Å²) in [5, 5.41) is 0. The van der Waals surface area contributed by atoms with Crippen molar-refractivity contribution in [3.05, 3.63) is 59.2 Å². The van der Waals surface area contributed by atoms with E-state index in [0.717, 1.165) is 24.1 Å². The summed E-state index contributed by atoms with van der Waals surface area (Å²) in [6, 6.07) is 10.7. The van der Waals surface area contributed by atoms with Gasteiger partial charge in [0.2, 0.25) is 0 Å². The van der Waals surface area contributed by atoms with Gasteiger partial charge in [-0.25, -0.2) is 0 Å². The van der Waals surface area contributed by atoms with Gasteiger partial charge in [-0.15, -0.1) is 0 Å². The Kier molecular flexibility index (Phi) is 4.53. The highest BCUT2D eigenvalue weighted by molar-refractivity contribution is 5.41. The molecule has 0 aliphatic heterocycles. The molecule has 0 heterocycles. The molecule has 2 nitrogen and oxygen atoms in total. The molecule has 0 fully saturated rings. The van der Waals surface area contributed by atoms with Crippen molar-refractivity contribution in [2.24, 2.45) is 5.73 Å². The third kappa shape index (κ3) is 3.76. The topological polar surface area (TPSA) is 35.2 Å². The summed E-state index contributed by atoms with van der Waals surface area (Å²) in [6.45, 7) is 2.02. The molecule has 2 N–H and O–H groups in total. The number of hydrogen-bond acceptors (Lipinski definition) is 2. The van der Waals surface area contributed by atoms with E-state index in [1.807, 2.05) is 19.1 Å². The van der Waals surface area contributed by atoms with Gasteiger partial charge in [0.15, 0.2) is 0 Å². The molecule has 2 aromatic rings. The zero-order chi connectivity index (χ0) is 15.5. The molecule has 2 aromatic carbocycles. The van der Waals surface area contributed by atoms with E-state index in [0.29, 0.717) is 17.1 Å². The van der Waals surface area contributed by atoms with Crippen LogP contribution in [-0.2, 0) is 19.1 Å². The van der Waals surface area contributed by atoms with Gasteiger partial charge in [-0.05, 0) is 42.3 Å². The summed E-state index contributed by atoms with van der Waals surface area (Å²) in [6.07, 6.45) is -3.47. The lowest BCUT2D eigenvalue weighted by Gasteiger charge is -2.13. The maximum atomic E-state index is 12.7. The average molecular weight is 295 g/mol. The number of hydrogen-bond donors (Lipinski definition) is 1. The molecule has 0 aromatic heterocycles. The number of nitrogens with two attached hydrogens (primary N) is 1. The van der Waals surface area contributed by atoms with Gasteiger partial charge in [-0.1, -0.05) is 19.1 Å². The van der Waals surface area contributed by atoms with E-state index < -0.39 is 11.7 Å². The Morgan fingerprint density at radius 3 is 2.24 bits per heavy atom. The third-order valence-corrected chi connectivity index (χ3v) is 3.17. The van der Waals surface area contributed by atoms with Crippen molar-refractivity contribution in [1.29, 1.82) is 0 Å². The summed E-state index contributed by atoms with van der Waals surface area (Å²) in [7, 11) is 0. The predicted molar refractivity (Wildman–Crippen MR) is 75.2 cm³/mol. The van der Waals surface area contributed by atoms with Crippen molar-refractivity contribution in [3.8, 4) is 11.5 Å². The normalized spacial score (nSPS) is 11.5. The maximum absolute atomic E-state index is 12.7. The molecule has 21 heavy (non-hydrogen) atoms. The van der Waals surface area contributed by atoms with Crippen molar-refractivity contribution in [2.45, 2.75) is 26.1 Å². The molecule has 0 radical (unpaired) electrons. The molecule has 0 bridgehead atoms. The van der Waals surface area contributed by atoms with Crippen molar-refractivity contribution >= 4 is 0 Å². The van der Waals surface area contributed by atoms with E-state index in [9.17, 15) is 13.2 Å². The molecule has 0 amide bonds. The van der Waals surface area contributed by atoms with E-state index in [1.54, 1.807) is 12.1 Å². The highest BCUT2D eigenvalue weighted by atomic mass is 19.4. The molecular weight excluding hydrogens is 279 g/mol. The Morgan fingerprint density at radius 1 is 1.05 bits per heavy atom. The van der Waals surface area contributed by atoms with E-state index in [1.165, 1.54) is 6.07 Å². The Morgan fingerprint density at radius 2 is 1.71 bits per heavy atom. The SMILES string of the molecule is CCc1ccc(Oc2ccc(C(F)(F)F)cc2CN)cc1. The first-order chi connectivity index (χ1) is 9.94. The summed E-state index contributed by atoms with van der Waals surface area (Å²) in [5.41, 5.74) is 6.27.